The summed E-state index contributed by atoms with van der Waals surface area (Å²) in [7, 11) is 3.77. The molecule has 5 heterocycles. The Labute approximate surface area is 296 Å². The summed E-state index contributed by atoms with van der Waals surface area (Å²) >= 11 is 0. The van der Waals surface area contributed by atoms with Gasteiger partial charge in [-0.2, -0.15) is 0 Å². The van der Waals surface area contributed by atoms with Crippen molar-refractivity contribution in [1.29, 1.82) is 0 Å². The number of nitrogens with zero attached hydrogens (tertiary/aromatic N) is 4. The SMILES string of the molecule is C=CC1=C(C)C2=NC1=CC1=NC(=CC3=C(C)/C(=C(/[O-])OC)C(=N3)C(C(=O)OC)=C3N=C(/C2=C\[O-])[C@@H](C)[C@@H]3CCC(=O)OC)C(CC)=C1C.[Ni+2]. The molecule has 5 aliphatic rings. The van der Waals surface area contributed by atoms with Gasteiger partial charge in [0, 0.05) is 35.0 Å². The van der Waals surface area contributed by atoms with Crippen LogP contribution in [-0.4, -0.2) is 56.1 Å². The van der Waals surface area contributed by atoms with Gasteiger partial charge in [-0.3, -0.25) is 9.79 Å². The molecule has 2 atom stereocenters. The van der Waals surface area contributed by atoms with Gasteiger partial charge in [-0.25, -0.2) is 19.8 Å². The zero-order valence-electron chi connectivity index (χ0n) is 28.8. The van der Waals surface area contributed by atoms with Gasteiger partial charge in [-0.1, -0.05) is 26.5 Å². The van der Waals surface area contributed by atoms with Gasteiger partial charge in [-0.15, -0.1) is 6.26 Å². The van der Waals surface area contributed by atoms with E-state index in [1.807, 2.05) is 33.8 Å². The number of carbonyl (C=O) groups is 2. The topological polar surface area (TPSA) is 157 Å². The van der Waals surface area contributed by atoms with E-state index in [0.29, 0.717) is 52.5 Å². The summed E-state index contributed by atoms with van der Waals surface area (Å²) in [5.74, 6) is -2.97. The van der Waals surface area contributed by atoms with Crippen molar-refractivity contribution >= 4 is 34.8 Å². The molecular formula is C37H38N4NiO7. The second-order valence-corrected chi connectivity index (χ2v) is 11.8. The van der Waals surface area contributed by atoms with E-state index in [9.17, 15) is 19.8 Å². The maximum Gasteiger partial charge on any atom is 2.00 e. The van der Waals surface area contributed by atoms with E-state index in [4.69, 9.17) is 34.2 Å². The minimum Gasteiger partial charge on any atom is -0.877 e. The molecule has 12 heteroatoms. The molecule has 49 heavy (non-hydrogen) atoms. The monoisotopic (exact) mass is 708 g/mol. The van der Waals surface area contributed by atoms with Crippen molar-refractivity contribution in [3.63, 3.8) is 0 Å². The average molecular weight is 709 g/mol. The first-order valence-corrected chi connectivity index (χ1v) is 15.7. The number of ether oxygens (including phenoxy) is 3. The molecule has 0 saturated carbocycles. The molecule has 0 aliphatic carbocycles. The first kappa shape index (κ1) is 37.0. The fourth-order valence-corrected chi connectivity index (χ4v) is 6.76. The van der Waals surface area contributed by atoms with Crippen molar-refractivity contribution in [2.75, 3.05) is 21.3 Å². The Balaban J connectivity index is 0.00000541. The number of hydrogen-bond acceptors (Lipinski definition) is 11. The van der Waals surface area contributed by atoms with Gasteiger partial charge in [0.1, 0.15) is 5.57 Å². The third kappa shape index (κ3) is 6.25. The van der Waals surface area contributed by atoms with E-state index < -0.39 is 29.7 Å². The number of allylic oxidation sites excluding steroid dienone is 10. The largest absolute Gasteiger partial charge is 2.00 e. The molecule has 5 rings (SSSR count). The van der Waals surface area contributed by atoms with E-state index in [0.717, 1.165) is 22.3 Å². The van der Waals surface area contributed by atoms with Crippen LogP contribution in [0.3, 0.4) is 0 Å². The van der Waals surface area contributed by atoms with Gasteiger partial charge in [0.25, 0.3) is 0 Å². The minimum absolute atomic E-state index is 0. The fraction of sp³-hybridized carbons (Fsp3) is 0.351. The third-order valence-corrected chi connectivity index (χ3v) is 9.42. The molecule has 258 valence electrons. The molecule has 8 bridgehead atoms. The summed E-state index contributed by atoms with van der Waals surface area (Å²) in [5, 5.41) is 26.4. The molecule has 0 aromatic heterocycles. The maximum atomic E-state index is 13.8. The van der Waals surface area contributed by atoms with Crippen molar-refractivity contribution in [2.45, 2.75) is 53.9 Å². The molecule has 0 aromatic carbocycles. The van der Waals surface area contributed by atoms with Crippen LogP contribution in [0.15, 0.2) is 124 Å². The van der Waals surface area contributed by atoms with E-state index in [1.54, 1.807) is 19.1 Å². The minimum atomic E-state index is -0.791. The number of esters is 2. The van der Waals surface area contributed by atoms with Gasteiger partial charge >= 0.3 is 28.4 Å². The number of rotatable bonds is 7. The Morgan fingerprint density at radius 1 is 0.939 bits per heavy atom. The fourth-order valence-electron chi connectivity index (χ4n) is 6.76. The third-order valence-electron chi connectivity index (χ3n) is 9.42. The van der Waals surface area contributed by atoms with Crippen molar-refractivity contribution in [3.8, 4) is 0 Å². The van der Waals surface area contributed by atoms with Crippen LogP contribution >= 0.6 is 0 Å². The van der Waals surface area contributed by atoms with E-state index in [2.05, 4.69) is 6.58 Å². The van der Waals surface area contributed by atoms with Crippen LogP contribution in [0, 0.1) is 11.8 Å². The Hall–Kier alpha value is -4.83. The summed E-state index contributed by atoms with van der Waals surface area (Å²) < 4.78 is 15.4. The van der Waals surface area contributed by atoms with Gasteiger partial charge in [0.15, 0.2) is 0 Å². The molecule has 0 spiro atoms. The number of hydrogen-bond donors (Lipinski definition) is 0. The second kappa shape index (κ2) is 14.7. The molecule has 0 aromatic rings. The van der Waals surface area contributed by atoms with Gasteiger partial charge in [0.2, 0.25) is 0 Å². The van der Waals surface area contributed by atoms with E-state index in [-0.39, 0.29) is 57.5 Å². The van der Waals surface area contributed by atoms with E-state index >= 15 is 0 Å². The molecule has 0 radical (unpaired) electrons. The van der Waals surface area contributed by atoms with E-state index in [1.165, 1.54) is 21.3 Å². The van der Waals surface area contributed by atoms with Crippen molar-refractivity contribution in [3.05, 3.63) is 104 Å². The molecule has 11 nitrogen and oxygen atoms in total. The molecule has 0 unspecified atom stereocenters. The second-order valence-electron chi connectivity index (χ2n) is 11.8. The normalized spacial score (nSPS) is 23.5. The Bertz CT molecular complexity index is 1920. The zero-order chi connectivity index (χ0) is 35.0. The molecule has 0 N–H and O–H groups in total. The number of aliphatic imine (C=N–C) groups is 4. The van der Waals surface area contributed by atoms with Crippen LogP contribution in [0.1, 0.15) is 53.9 Å². The predicted octanol–water partition coefficient (Wildman–Crippen LogP) is 4.18. The maximum absolute atomic E-state index is 13.8. The summed E-state index contributed by atoms with van der Waals surface area (Å²) in [5.41, 5.74) is 7.52. The summed E-state index contributed by atoms with van der Waals surface area (Å²) in [6.07, 6.45) is 6.98. The first-order chi connectivity index (χ1) is 22.9. The molecular weight excluding hydrogens is 671 g/mol. The van der Waals surface area contributed by atoms with Crippen LogP contribution < -0.4 is 10.2 Å². The van der Waals surface area contributed by atoms with Crippen LogP contribution in [0.25, 0.3) is 0 Å². The Morgan fingerprint density at radius 2 is 1.65 bits per heavy atom. The molecule has 0 saturated heterocycles. The van der Waals surface area contributed by atoms with Gasteiger partial charge in [0.05, 0.1) is 65.8 Å². The molecule has 0 amide bonds. The summed E-state index contributed by atoms with van der Waals surface area (Å²) in [6.45, 7) is 13.5. The summed E-state index contributed by atoms with van der Waals surface area (Å²) in [4.78, 5) is 45.8. The predicted molar refractivity (Wildman–Crippen MR) is 180 cm³/mol. The quantitative estimate of drug-likeness (QED) is 0.218. The number of carbonyl (C=O) groups excluding carboxylic acids is 2. The number of fused-ring (bicyclic) bond motifs is 4. The van der Waals surface area contributed by atoms with Gasteiger partial charge in [-0.05, 0) is 75.2 Å². The van der Waals surface area contributed by atoms with Gasteiger partial charge < -0.3 is 24.4 Å². The van der Waals surface area contributed by atoms with Crippen LogP contribution in [0.4, 0.5) is 0 Å². The van der Waals surface area contributed by atoms with Crippen LogP contribution in [0.5, 0.6) is 0 Å². The number of methoxy groups -OCH3 is 3. The van der Waals surface area contributed by atoms with Crippen LogP contribution in [0.2, 0.25) is 0 Å². The Kier molecular flexibility index (Phi) is 11.1. The van der Waals surface area contributed by atoms with Crippen molar-refractivity contribution < 1.29 is 50.5 Å². The first-order valence-electron chi connectivity index (χ1n) is 15.7. The molecule has 0 fully saturated rings. The molecule has 5 aliphatic heterocycles. The Morgan fingerprint density at radius 3 is 2.24 bits per heavy atom. The van der Waals surface area contributed by atoms with Crippen molar-refractivity contribution in [2.24, 2.45) is 31.8 Å². The smallest absolute Gasteiger partial charge is 0.877 e. The average Bonchev–Trinajstić information content (AvgIpc) is 3.77. The standard InChI is InChI=1S/C37H40N4O7.Ni/c1-10-21-17(3)25-14-28-22(11-2)18(4)32(40-28)24(16-42)33-19(5)23(12-13-29(43)46-7)34(41-33)31(37(45)48-9)35-30(36(44)47-8)20(6)26(39-35)15-27(21)38-25;/h11,14-16,19,23,42,44H,2,10,12-13H2,1,3-9H3;/q;+2/p-2/b24-16-,27-15?,28-14?,34-31?,36-30+;/t19-,23-;/m0./s1. The summed E-state index contributed by atoms with van der Waals surface area (Å²) in [6, 6.07) is 0. The zero-order valence-corrected chi connectivity index (χ0v) is 29.7. The van der Waals surface area contributed by atoms with Crippen molar-refractivity contribution in [1.82, 2.24) is 0 Å². The van der Waals surface area contributed by atoms with Crippen LogP contribution in [-0.2, 0) is 40.3 Å².